The topological polar surface area (TPSA) is 47.4 Å². The molecule has 2 heterocycles. The summed E-state index contributed by atoms with van der Waals surface area (Å²) in [7, 11) is 0. The summed E-state index contributed by atoms with van der Waals surface area (Å²) >= 11 is 12.2. The molecule has 0 saturated carbocycles. The van der Waals surface area contributed by atoms with Crippen molar-refractivity contribution in [3.8, 4) is 0 Å². The first-order chi connectivity index (χ1) is 11.4. The van der Waals surface area contributed by atoms with Crippen LogP contribution in [0, 0.1) is 0 Å². The van der Waals surface area contributed by atoms with E-state index in [1.165, 1.54) is 4.68 Å². The molecular weight excluding hydrogens is 349 g/mol. The quantitative estimate of drug-likeness (QED) is 0.835. The second-order valence-corrected chi connectivity index (χ2v) is 6.91. The molecule has 1 fully saturated rings. The van der Waals surface area contributed by atoms with Gasteiger partial charge in [0, 0.05) is 18.1 Å². The van der Waals surface area contributed by atoms with Gasteiger partial charge in [-0.1, -0.05) is 35.3 Å². The fourth-order valence-electron chi connectivity index (χ4n) is 2.93. The molecule has 0 spiro atoms. The largest absolute Gasteiger partial charge is 0.372 e. The van der Waals surface area contributed by atoms with Crippen molar-refractivity contribution in [3.05, 3.63) is 56.4 Å². The number of morpholine rings is 1. The van der Waals surface area contributed by atoms with Gasteiger partial charge in [-0.25, -0.2) is 4.68 Å². The zero-order valence-electron chi connectivity index (χ0n) is 13.6. The zero-order chi connectivity index (χ0) is 17.3. The van der Waals surface area contributed by atoms with Crippen molar-refractivity contribution < 1.29 is 4.74 Å². The molecule has 128 valence electrons. The molecule has 7 heteroatoms. The monoisotopic (exact) mass is 367 g/mol. The van der Waals surface area contributed by atoms with E-state index in [0.717, 1.165) is 5.56 Å². The summed E-state index contributed by atoms with van der Waals surface area (Å²) in [5.74, 6) is 0. The maximum Gasteiger partial charge on any atom is 0.287 e. The average Bonchev–Trinajstić information content (AvgIpc) is 2.53. The number of hydrogen-bond donors (Lipinski definition) is 0. The Morgan fingerprint density at radius 2 is 1.79 bits per heavy atom. The molecule has 3 rings (SSSR count). The molecule has 0 radical (unpaired) electrons. The molecule has 1 aromatic carbocycles. The maximum absolute atomic E-state index is 12.6. The third-order valence-corrected chi connectivity index (χ3v) is 4.58. The lowest BCUT2D eigenvalue weighted by Gasteiger charge is -2.36. The number of ether oxygens (including phenoxy) is 1. The van der Waals surface area contributed by atoms with E-state index < -0.39 is 0 Å². The van der Waals surface area contributed by atoms with E-state index in [2.05, 4.69) is 10.00 Å². The summed E-state index contributed by atoms with van der Waals surface area (Å²) in [5, 5.41) is 5.14. The van der Waals surface area contributed by atoms with E-state index in [1.54, 1.807) is 18.3 Å². The Morgan fingerprint density at radius 1 is 1.17 bits per heavy atom. The Bertz CT molecular complexity index is 766. The Balaban J connectivity index is 1.86. The van der Waals surface area contributed by atoms with Gasteiger partial charge in [0.1, 0.15) is 5.02 Å². The summed E-state index contributed by atoms with van der Waals surface area (Å²) in [5.41, 5.74) is 1.30. The van der Waals surface area contributed by atoms with E-state index >= 15 is 0 Å². The Kier molecular flexibility index (Phi) is 5.13. The van der Waals surface area contributed by atoms with Gasteiger partial charge in [0.25, 0.3) is 5.56 Å². The lowest BCUT2D eigenvalue weighted by Crippen LogP contribution is -2.46. The third-order valence-electron chi connectivity index (χ3n) is 3.97. The lowest BCUT2D eigenvalue weighted by atomic mass is 10.2. The summed E-state index contributed by atoms with van der Waals surface area (Å²) in [6, 6.07) is 7.30. The van der Waals surface area contributed by atoms with Crippen LogP contribution < -0.4 is 10.5 Å². The van der Waals surface area contributed by atoms with E-state index in [9.17, 15) is 4.79 Å². The Morgan fingerprint density at radius 3 is 2.42 bits per heavy atom. The number of nitrogens with zero attached hydrogens (tertiary/aromatic N) is 3. The van der Waals surface area contributed by atoms with Crippen molar-refractivity contribution >= 4 is 28.9 Å². The van der Waals surface area contributed by atoms with Crippen LogP contribution in [0.4, 0.5) is 5.69 Å². The summed E-state index contributed by atoms with van der Waals surface area (Å²) in [6.45, 7) is 5.74. The molecule has 0 bridgehead atoms. The molecule has 1 saturated heterocycles. The normalized spacial score (nSPS) is 21.1. The second kappa shape index (κ2) is 7.13. The highest BCUT2D eigenvalue weighted by atomic mass is 35.5. The second-order valence-electron chi connectivity index (χ2n) is 6.10. The first kappa shape index (κ1) is 17.3. The summed E-state index contributed by atoms with van der Waals surface area (Å²) in [4.78, 5) is 14.6. The predicted octanol–water partition coefficient (Wildman–Crippen LogP) is 3.21. The van der Waals surface area contributed by atoms with Crippen LogP contribution in [0.25, 0.3) is 0 Å². The van der Waals surface area contributed by atoms with E-state index in [0.29, 0.717) is 30.3 Å². The van der Waals surface area contributed by atoms with Crippen molar-refractivity contribution in [2.75, 3.05) is 18.0 Å². The minimum absolute atomic E-state index is 0.0846. The SMILES string of the molecule is C[C@@H]1CN(c2cnn(Cc3ccc(Cl)cc3)c(=O)c2Cl)C[C@H](C)O1. The Labute approximate surface area is 150 Å². The van der Waals surface area contributed by atoms with Gasteiger partial charge in [0.2, 0.25) is 0 Å². The van der Waals surface area contributed by atoms with E-state index in [-0.39, 0.29) is 22.8 Å². The van der Waals surface area contributed by atoms with Crippen molar-refractivity contribution in [1.82, 2.24) is 9.78 Å². The predicted molar refractivity (Wildman–Crippen MR) is 96.3 cm³/mol. The van der Waals surface area contributed by atoms with E-state index in [1.807, 2.05) is 26.0 Å². The van der Waals surface area contributed by atoms with Crippen LogP contribution in [-0.4, -0.2) is 35.1 Å². The average molecular weight is 368 g/mol. The van der Waals surface area contributed by atoms with Gasteiger partial charge in [0.05, 0.1) is 30.6 Å². The molecule has 24 heavy (non-hydrogen) atoms. The molecule has 2 atom stereocenters. The molecule has 0 amide bonds. The van der Waals surface area contributed by atoms with Crippen LogP contribution >= 0.6 is 23.2 Å². The Hall–Kier alpha value is -1.56. The molecule has 5 nitrogen and oxygen atoms in total. The molecule has 1 aliphatic heterocycles. The fourth-order valence-corrected chi connectivity index (χ4v) is 3.32. The minimum Gasteiger partial charge on any atom is -0.372 e. The van der Waals surface area contributed by atoms with Crippen molar-refractivity contribution in [2.24, 2.45) is 0 Å². The van der Waals surface area contributed by atoms with E-state index in [4.69, 9.17) is 27.9 Å². The highest BCUT2D eigenvalue weighted by molar-refractivity contribution is 6.33. The number of halogens is 2. The summed E-state index contributed by atoms with van der Waals surface area (Å²) < 4.78 is 7.08. The van der Waals surface area contributed by atoms with Crippen molar-refractivity contribution in [3.63, 3.8) is 0 Å². The van der Waals surface area contributed by atoms with Crippen molar-refractivity contribution in [1.29, 1.82) is 0 Å². The van der Waals surface area contributed by atoms with Gasteiger partial charge in [-0.2, -0.15) is 5.10 Å². The first-order valence-corrected chi connectivity index (χ1v) is 8.60. The maximum atomic E-state index is 12.6. The number of benzene rings is 1. The van der Waals surface area contributed by atoms with Crippen LogP contribution in [0.2, 0.25) is 10.0 Å². The fraction of sp³-hybridized carbons (Fsp3) is 0.412. The highest BCUT2D eigenvalue weighted by Crippen LogP contribution is 2.25. The first-order valence-electron chi connectivity index (χ1n) is 7.84. The zero-order valence-corrected chi connectivity index (χ0v) is 15.1. The van der Waals surface area contributed by atoms with Crippen LogP contribution in [0.5, 0.6) is 0 Å². The molecule has 1 aromatic heterocycles. The number of hydrogen-bond acceptors (Lipinski definition) is 4. The van der Waals surface area contributed by atoms with Crippen LogP contribution in [0.3, 0.4) is 0 Å². The van der Waals surface area contributed by atoms with Gasteiger partial charge in [0.15, 0.2) is 0 Å². The van der Waals surface area contributed by atoms with Crippen LogP contribution in [0.15, 0.2) is 35.3 Å². The smallest absolute Gasteiger partial charge is 0.287 e. The number of aromatic nitrogens is 2. The van der Waals surface area contributed by atoms with Crippen LogP contribution in [-0.2, 0) is 11.3 Å². The minimum atomic E-state index is -0.295. The lowest BCUT2D eigenvalue weighted by molar-refractivity contribution is -0.00524. The molecule has 0 unspecified atom stereocenters. The molecular formula is C17H19Cl2N3O2. The molecule has 1 aliphatic rings. The molecule has 0 aliphatic carbocycles. The molecule has 2 aromatic rings. The number of anilines is 1. The third kappa shape index (κ3) is 3.74. The van der Waals surface area contributed by atoms with Gasteiger partial charge in [-0.05, 0) is 31.5 Å². The van der Waals surface area contributed by atoms with Gasteiger partial charge >= 0.3 is 0 Å². The van der Waals surface area contributed by atoms with Crippen molar-refractivity contribution in [2.45, 2.75) is 32.6 Å². The van der Waals surface area contributed by atoms with Crippen LogP contribution in [0.1, 0.15) is 19.4 Å². The van der Waals surface area contributed by atoms with Gasteiger partial charge in [-0.15, -0.1) is 0 Å². The summed E-state index contributed by atoms with van der Waals surface area (Å²) in [6.07, 6.45) is 1.83. The standard InChI is InChI=1S/C17H19Cl2N3O2/c1-11-8-21(9-12(2)24-11)15-7-20-22(17(23)16(15)19)10-13-3-5-14(18)6-4-13/h3-7,11-12H,8-10H2,1-2H3/t11-,12+. The molecule has 0 N–H and O–H groups in total. The van der Waals surface area contributed by atoms with Gasteiger partial charge in [-0.3, -0.25) is 4.79 Å². The highest BCUT2D eigenvalue weighted by Gasteiger charge is 2.25. The van der Waals surface area contributed by atoms with Gasteiger partial charge < -0.3 is 9.64 Å². The number of rotatable bonds is 3.